The summed E-state index contributed by atoms with van der Waals surface area (Å²) in [5.41, 5.74) is -0.581. The van der Waals surface area contributed by atoms with Crippen LogP contribution >= 0.6 is 23.1 Å². The van der Waals surface area contributed by atoms with Crippen LogP contribution in [0.5, 0.6) is 5.75 Å². The van der Waals surface area contributed by atoms with Crippen molar-refractivity contribution >= 4 is 28.7 Å². The van der Waals surface area contributed by atoms with Crippen LogP contribution < -0.4 is 4.74 Å². The molecule has 10 heteroatoms. The Morgan fingerprint density at radius 3 is 2.56 bits per heavy atom. The molecule has 1 atom stereocenters. The minimum absolute atomic E-state index is 0.311. The molecule has 4 rings (SSSR count). The van der Waals surface area contributed by atoms with Gasteiger partial charge in [-0.1, -0.05) is 23.9 Å². The fraction of sp³-hybridized carbons (Fsp3) is 0.227. The molecule has 0 fully saturated rings. The van der Waals surface area contributed by atoms with Crippen LogP contribution in [0.1, 0.15) is 22.4 Å². The zero-order chi connectivity index (χ0) is 22.9. The second-order valence-electron chi connectivity index (χ2n) is 7.02. The molecule has 1 unspecified atom stereocenters. The number of hydrogen-bond donors (Lipinski definition) is 2. The Bertz CT molecular complexity index is 1140. The maximum absolute atomic E-state index is 13.4. The molecular weight excluding hydrogens is 466 g/mol. The number of halogens is 4. The van der Waals surface area contributed by atoms with Crippen LogP contribution in [0.4, 0.5) is 17.6 Å². The van der Waals surface area contributed by atoms with Crippen LogP contribution in [0.15, 0.2) is 64.0 Å². The van der Waals surface area contributed by atoms with Crippen LogP contribution in [0.25, 0.3) is 5.57 Å². The quantitative estimate of drug-likeness (QED) is 0.461. The monoisotopic (exact) mass is 483 g/mol. The Morgan fingerprint density at radius 2 is 1.88 bits per heavy atom. The Balaban J connectivity index is 1.57. The first-order chi connectivity index (χ1) is 15.2. The molecule has 4 nitrogen and oxygen atoms in total. The van der Waals surface area contributed by atoms with Crippen molar-refractivity contribution in [1.29, 1.82) is 0 Å². The molecule has 168 valence electrons. The maximum Gasteiger partial charge on any atom is 0.422 e. The molecule has 0 radical (unpaired) electrons. The fourth-order valence-electron chi connectivity index (χ4n) is 3.30. The van der Waals surface area contributed by atoms with Crippen molar-refractivity contribution in [3.05, 3.63) is 76.6 Å². The molecule has 0 saturated heterocycles. The summed E-state index contributed by atoms with van der Waals surface area (Å²) in [6, 6.07) is 11.5. The molecule has 1 aromatic heterocycles. The SMILES string of the molecule is OCCC(O)(c1cnc(Sc2ccc3c(c2)OCC=C3c2ccc(F)cc2)s1)C(F)(F)F. The lowest BCUT2D eigenvalue weighted by atomic mass is 9.95. The molecule has 2 heterocycles. The number of aliphatic hydroxyl groups is 2. The molecule has 0 amide bonds. The van der Waals surface area contributed by atoms with Crippen LogP contribution in [0, 0.1) is 5.82 Å². The molecular formula is C22H17F4NO3S2. The summed E-state index contributed by atoms with van der Waals surface area (Å²) < 4.78 is 59.4. The van der Waals surface area contributed by atoms with Crippen molar-refractivity contribution < 1.29 is 32.5 Å². The summed E-state index contributed by atoms with van der Waals surface area (Å²) >= 11 is 1.86. The number of thiazole rings is 1. The summed E-state index contributed by atoms with van der Waals surface area (Å²) in [5.74, 6) is 0.272. The number of fused-ring (bicyclic) bond motifs is 1. The lowest BCUT2D eigenvalue weighted by molar-refractivity contribution is -0.269. The van der Waals surface area contributed by atoms with Gasteiger partial charge in [0.25, 0.3) is 0 Å². The number of alkyl halides is 3. The largest absolute Gasteiger partial charge is 0.489 e. The van der Waals surface area contributed by atoms with Crippen molar-refractivity contribution in [3.63, 3.8) is 0 Å². The molecule has 0 aliphatic carbocycles. The van der Waals surface area contributed by atoms with Gasteiger partial charge in [-0.2, -0.15) is 13.2 Å². The highest BCUT2D eigenvalue weighted by atomic mass is 32.2. The van der Waals surface area contributed by atoms with Crippen molar-refractivity contribution in [2.24, 2.45) is 0 Å². The number of aliphatic hydroxyl groups excluding tert-OH is 1. The van der Waals surface area contributed by atoms with E-state index in [-0.39, 0.29) is 10.7 Å². The topological polar surface area (TPSA) is 62.6 Å². The van der Waals surface area contributed by atoms with Gasteiger partial charge in [0.15, 0.2) is 9.94 Å². The van der Waals surface area contributed by atoms with Gasteiger partial charge in [-0.15, -0.1) is 11.3 Å². The third kappa shape index (κ3) is 4.40. The van der Waals surface area contributed by atoms with Gasteiger partial charge in [-0.3, -0.25) is 0 Å². The molecule has 1 aliphatic rings. The van der Waals surface area contributed by atoms with Gasteiger partial charge in [0, 0.05) is 29.7 Å². The normalized spacial score (nSPS) is 15.5. The van der Waals surface area contributed by atoms with Gasteiger partial charge < -0.3 is 14.9 Å². The fourth-order valence-corrected chi connectivity index (χ4v) is 5.42. The highest BCUT2D eigenvalue weighted by Crippen LogP contribution is 2.46. The molecule has 0 bridgehead atoms. The van der Waals surface area contributed by atoms with Crippen LogP contribution in [-0.4, -0.2) is 34.6 Å². The smallest absolute Gasteiger partial charge is 0.422 e. The van der Waals surface area contributed by atoms with E-state index in [1.165, 1.54) is 12.1 Å². The number of ether oxygens (including phenoxy) is 1. The van der Waals surface area contributed by atoms with Crippen molar-refractivity contribution in [1.82, 2.24) is 4.98 Å². The van der Waals surface area contributed by atoms with Gasteiger partial charge in [0.1, 0.15) is 18.2 Å². The van der Waals surface area contributed by atoms with Crippen LogP contribution in [0.3, 0.4) is 0 Å². The number of nitrogens with zero attached hydrogens (tertiary/aromatic N) is 1. The van der Waals surface area contributed by atoms with Crippen LogP contribution in [0.2, 0.25) is 0 Å². The zero-order valence-corrected chi connectivity index (χ0v) is 18.0. The van der Waals surface area contributed by atoms with E-state index in [4.69, 9.17) is 9.84 Å². The number of rotatable bonds is 6. The summed E-state index contributed by atoms with van der Waals surface area (Å²) in [6.45, 7) is -0.489. The molecule has 1 aliphatic heterocycles. The first kappa shape index (κ1) is 22.8. The van der Waals surface area contributed by atoms with Crippen LogP contribution in [-0.2, 0) is 5.60 Å². The third-order valence-electron chi connectivity index (χ3n) is 4.96. The Labute approximate surface area is 189 Å². The predicted octanol–water partition coefficient (Wildman–Crippen LogP) is 5.39. The first-order valence-corrected chi connectivity index (χ1v) is 11.1. The first-order valence-electron chi connectivity index (χ1n) is 9.49. The molecule has 32 heavy (non-hydrogen) atoms. The summed E-state index contributed by atoms with van der Waals surface area (Å²) in [6.07, 6.45) is -2.92. The second-order valence-corrected chi connectivity index (χ2v) is 9.37. The molecule has 3 aromatic rings. The Morgan fingerprint density at radius 1 is 1.12 bits per heavy atom. The van der Waals surface area contributed by atoms with E-state index in [9.17, 15) is 22.7 Å². The molecule has 0 spiro atoms. The van der Waals surface area contributed by atoms with Gasteiger partial charge in [-0.25, -0.2) is 9.37 Å². The van der Waals surface area contributed by atoms with Gasteiger partial charge in [0.2, 0.25) is 0 Å². The highest BCUT2D eigenvalue weighted by molar-refractivity contribution is 8.01. The second kappa shape index (κ2) is 8.86. The minimum atomic E-state index is -4.94. The highest BCUT2D eigenvalue weighted by Gasteiger charge is 2.55. The molecule has 0 saturated carbocycles. The Kier molecular flexibility index (Phi) is 6.30. The Hall–Kier alpha value is -2.40. The zero-order valence-electron chi connectivity index (χ0n) is 16.4. The maximum atomic E-state index is 13.4. The van der Waals surface area contributed by atoms with E-state index >= 15 is 0 Å². The standard InChI is InChI=1S/C22H17F4NO3S2/c23-14-3-1-13(2-4-14)16-7-10-30-18-11-15(5-6-17(16)18)31-20-27-12-19(32-20)21(29,8-9-28)22(24,25)26/h1-7,11-12,28-29H,8-10H2. The van der Waals surface area contributed by atoms with E-state index < -0.39 is 24.8 Å². The van der Waals surface area contributed by atoms with E-state index in [0.29, 0.717) is 21.6 Å². The lowest BCUT2D eigenvalue weighted by Gasteiger charge is -2.28. The van der Waals surface area contributed by atoms with E-state index in [0.717, 1.165) is 46.0 Å². The summed E-state index contributed by atoms with van der Waals surface area (Å²) in [5, 5.41) is 19.1. The van der Waals surface area contributed by atoms with Crippen molar-refractivity contribution in [3.8, 4) is 5.75 Å². The minimum Gasteiger partial charge on any atom is -0.489 e. The lowest BCUT2D eigenvalue weighted by Crippen LogP contribution is -2.42. The summed E-state index contributed by atoms with van der Waals surface area (Å²) in [7, 11) is 0. The van der Waals surface area contributed by atoms with E-state index in [1.807, 2.05) is 12.1 Å². The van der Waals surface area contributed by atoms with Crippen molar-refractivity contribution in [2.45, 2.75) is 27.4 Å². The number of aromatic nitrogens is 1. The summed E-state index contributed by atoms with van der Waals surface area (Å²) in [4.78, 5) is 4.33. The number of hydrogen-bond acceptors (Lipinski definition) is 6. The van der Waals surface area contributed by atoms with Crippen molar-refractivity contribution in [2.75, 3.05) is 13.2 Å². The van der Waals surface area contributed by atoms with E-state index in [2.05, 4.69) is 4.98 Å². The van der Waals surface area contributed by atoms with Gasteiger partial charge in [-0.05, 0) is 47.5 Å². The molecule has 2 aromatic carbocycles. The average Bonchev–Trinajstić information content (AvgIpc) is 3.22. The number of benzene rings is 2. The van der Waals surface area contributed by atoms with Gasteiger partial charge in [0.05, 0.1) is 4.88 Å². The average molecular weight is 484 g/mol. The van der Waals surface area contributed by atoms with E-state index in [1.54, 1.807) is 24.3 Å². The van der Waals surface area contributed by atoms with Gasteiger partial charge >= 0.3 is 6.18 Å². The molecule has 2 N–H and O–H groups in total. The predicted molar refractivity (Wildman–Crippen MR) is 113 cm³/mol. The third-order valence-corrected chi connectivity index (χ3v) is 7.18.